The molecular weight excluding hydrogens is 268 g/mol. The first kappa shape index (κ1) is 15.5. The third-order valence-corrected chi connectivity index (χ3v) is 4.15. The Morgan fingerprint density at radius 2 is 1.95 bits per heavy atom. The molecule has 1 aliphatic rings. The third-order valence-electron chi connectivity index (χ3n) is 4.15. The standard InChI is InChI=1S/C16H22N2O3/c1-16(2)15(20)17(3)9-10-18(16)11-12-7-5-6-8-13(12)14(19)21-4/h5-8H,9-11H2,1-4H3. The molecule has 1 heterocycles. The lowest BCUT2D eigenvalue weighted by Crippen LogP contribution is -2.61. The van der Waals surface area contributed by atoms with Crippen LogP contribution in [0.2, 0.25) is 0 Å². The second-order valence-corrected chi connectivity index (χ2v) is 5.86. The van der Waals surface area contributed by atoms with Crippen molar-refractivity contribution in [2.24, 2.45) is 0 Å². The molecule has 5 heteroatoms. The lowest BCUT2D eigenvalue weighted by Gasteiger charge is -2.44. The van der Waals surface area contributed by atoms with E-state index in [4.69, 9.17) is 4.74 Å². The number of nitrogens with zero attached hydrogens (tertiary/aromatic N) is 2. The molecule has 0 aliphatic carbocycles. The number of amides is 1. The molecule has 1 aromatic carbocycles. The van der Waals surface area contributed by atoms with E-state index in [0.29, 0.717) is 18.7 Å². The number of likely N-dealkylation sites (N-methyl/N-ethyl adjacent to an activating group) is 1. The number of benzene rings is 1. The van der Waals surface area contributed by atoms with Crippen LogP contribution in [0.15, 0.2) is 24.3 Å². The van der Waals surface area contributed by atoms with Gasteiger partial charge in [-0.3, -0.25) is 9.69 Å². The highest BCUT2D eigenvalue weighted by molar-refractivity contribution is 5.91. The minimum Gasteiger partial charge on any atom is -0.465 e. The van der Waals surface area contributed by atoms with Gasteiger partial charge in [-0.25, -0.2) is 4.79 Å². The van der Waals surface area contributed by atoms with Crippen molar-refractivity contribution in [1.29, 1.82) is 0 Å². The van der Waals surface area contributed by atoms with Crippen molar-refractivity contribution in [2.45, 2.75) is 25.9 Å². The van der Waals surface area contributed by atoms with Crippen LogP contribution in [0, 0.1) is 0 Å². The summed E-state index contributed by atoms with van der Waals surface area (Å²) in [6, 6.07) is 7.37. The molecule has 0 saturated carbocycles. The van der Waals surface area contributed by atoms with Gasteiger partial charge in [0.25, 0.3) is 0 Å². The molecule has 1 amide bonds. The average Bonchev–Trinajstić information content (AvgIpc) is 2.48. The van der Waals surface area contributed by atoms with Crippen molar-refractivity contribution in [3.05, 3.63) is 35.4 Å². The first-order valence-electron chi connectivity index (χ1n) is 7.04. The van der Waals surface area contributed by atoms with Crippen LogP contribution in [0.25, 0.3) is 0 Å². The fraction of sp³-hybridized carbons (Fsp3) is 0.500. The van der Waals surface area contributed by atoms with Crippen molar-refractivity contribution in [1.82, 2.24) is 9.80 Å². The Kier molecular flexibility index (Phi) is 4.32. The zero-order valence-electron chi connectivity index (χ0n) is 13.0. The summed E-state index contributed by atoms with van der Waals surface area (Å²) in [5, 5.41) is 0. The summed E-state index contributed by atoms with van der Waals surface area (Å²) in [5.41, 5.74) is 0.868. The largest absolute Gasteiger partial charge is 0.465 e. The van der Waals surface area contributed by atoms with Gasteiger partial charge in [0.05, 0.1) is 18.2 Å². The predicted octanol–water partition coefficient (Wildman–Crippen LogP) is 1.53. The van der Waals surface area contributed by atoms with Crippen LogP contribution in [0.4, 0.5) is 0 Å². The number of hydrogen-bond donors (Lipinski definition) is 0. The minimum absolute atomic E-state index is 0.101. The smallest absolute Gasteiger partial charge is 0.338 e. The molecule has 0 radical (unpaired) electrons. The summed E-state index contributed by atoms with van der Waals surface area (Å²) in [6.07, 6.45) is 0. The van der Waals surface area contributed by atoms with Crippen molar-refractivity contribution in [2.75, 3.05) is 27.2 Å². The second kappa shape index (κ2) is 5.85. The molecular formula is C16H22N2O3. The molecule has 2 rings (SSSR count). The van der Waals surface area contributed by atoms with Gasteiger partial charge in [0.15, 0.2) is 0 Å². The van der Waals surface area contributed by atoms with E-state index < -0.39 is 5.54 Å². The van der Waals surface area contributed by atoms with Gasteiger partial charge in [-0.1, -0.05) is 18.2 Å². The maximum atomic E-state index is 12.3. The number of carbonyl (C=O) groups is 2. The normalized spacial score (nSPS) is 18.7. The Hall–Kier alpha value is -1.88. The predicted molar refractivity (Wildman–Crippen MR) is 79.9 cm³/mol. The van der Waals surface area contributed by atoms with Crippen LogP contribution < -0.4 is 0 Å². The van der Waals surface area contributed by atoms with Crippen LogP contribution in [-0.2, 0) is 16.1 Å². The molecule has 0 spiro atoms. The number of esters is 1. The topological polar surface area (TPSA) is 49.9 Å². The van der Waals surface area contributed by atoms with E-state index in [9.17, 15) is 9.59 Å². The molecule has 1 saturated heterocycles. The Labute approximate surface area is 125 Å². The molecule has 0 atom stereocenters. The van der Waals surface area contributed by atoms with E-state index >= 15 is 0 Å². The zero-order chi connectivity index (χ0) is 15.6. The molecule has 5 nitrogen and oxygen atoms in total. The first-order valence-corrected chi connectivity index (χ1v) is 7.04. The summed E-state index contributed by atoms with van der Waals surface area (Å²) in [6.45, 7) is 5.88. The summed E-state index contributed by atoms with van der Waals surface area (Å²) in [5.74, 6) is -0.242. The molecule has 0 N–H and O–H groups in total. The highest BCUT2D eigenvalue weighted by Gasteiger charge is 2.40. The van der Waals surface area contributed by atoms with Crippen molar-refractivity contribution in [3.8, 4) is 0 Å². The van der Waals surface area contributed by atoms with Crippen molar-refractivity contribution in [3.63, 3.8) is 0 Å². The van der Waals surface area contributed by atoms with Gasteiger partial charge in [0, 0.05) is 26.7 Å². The summed E-state index contributed by atoms with van der Waals surface area (Å²) >= 11 is 0. The van der Waals surface area contributed by atoms with E-state index in [-0.39, 0.29) is 11.9 Å². The van der Waals surface area contributed by atoms with Gasteiger partial charge in [-0.2, -0.15) is 0 Å². The van der Waals surface area contributed by atoms with Crippen LogP contribution in [0.5, 0.6) is 0 Å². The van der Waals surface area contributed by atoms with E-state index in [0.717, 1.165) is 12.1 Å². The number of piperazine rings is 1. The Bertz CT molecular complexity index is 554. The first-order chi connectivity index (χ1) is 9.87. The molecule has 0 bridgehead atoms. The molecule has 114 valence electrons. The molecule has 0 unspecified atom stereocenters. The van der Waals surface area contributed by atoms with E-state index in [2.05, 4.69) is 4.90 Å². The lowest BCUT2D eigenvalue weighted by molar-refractivity contribution is -0.147. The van der Waals surface area contributed by atoms with E-state index in [1.54, 1.807) is 11.0 Å². The van der Waals surface area contributed by atoms with Gasteiger partial charge < -0.3 is 9.64 Å². The maximum absolute atomic E-state index is 12.3. The summed E-state index contributed by atoms with van der Waals surface area (Å²) in [4.78, 5) is 28.0. The molecule has 1 aromatic rings. The highest BCUT2D eigenvalue weighted by atomic mass is 16.5. The van der Waals surface area contributed by atoms with Gasteiger partial charge in [-0.15, -0.1) is 0 Å². The van der Waals surface area contributed by atoms with Gasteiger partial charge >= 0.3 is 5.97 Å². The molecule has 21 heavy (non-hydrogen) atoms. The van der Waals surface area contributed by atoms with Gasteiger partial charge in [-0.05, 0) is 25.5 Å². The van der Waals surface area contributed by atoms with Gasteiger partial charge in [0.2, 0.25) is 5.91 Å². The Balaban J connectivity index is 2.26. The third kappa shape index (κ3) is 2.93. The monoisotopic (exact) mass is 290 g/mol. The van der Waals surface area contributed by atoms with Crippen molar-refractivity contribution < 1.29 is 14.3 Å². The van der Waals surface area contributed by atoms with Crippen LogP contribution in [0.1, 0.15) is 29.8 Å². The Morgan fingerprint density at radius 1 is 1.29 bits per heavy atom. The molecule has 0 aromatic heterocycles. The summed E-state index contributed by atoms with van der Waals surface area (Å²) in [7, 11) is 3.20. The fourth-order valence-corrected chi connectivity index (χ4v) is 2.70. The van der Waals surface area contributed by atoms with Crippen LogP contribution >= 0.6 is 0 Å². The van der Waals surface area contributed by atoms with Gasteiger partial charge in [0.1, 0.15) is 0 Å². The van der Waals surface area contributed by atoms with E-state index in [1.165, 1.54) is 7.11 Å². The van der Waals surface area contributed by atoms with Crippen LogP contribution in [-0.4, -0.2) is 54.5 Å². The minimum atomic E-state index is -0.573. The molecule has 1 fully saturated rings. The second-order valence-electron chi connectivity index (χ2n) is 5.86. The number of hydrogen-bond acceptors (Lipinski definition) is 4. The van der Waals surface area contributed by atoms with Crippen LogP contribution in [0.3, 0.4) is 0 Å². The average molecular weight is 290 g/mol. The highest BCUT2D eigenvalue weighted by Crippen LogP contribution is 2.25. The quantitative estimate of drug-likeness (QED) is 0.792. The van der Waals surface area contributed by atoms with Crippen molar-refractivity contribution >= 4 is 11.9 Å². The Morgan fingerprint density at radius 3 is 2.62 bits per heavy atom. The summed E-state index contributed by atoms with van der Waals surface area (Å²) < 4.78 is 4.82. The maximum Gasteiger partial charge on any atom is 0.338 e. The number of ether oxygens (including phenoxy) is 1. The van der Waals surface area contributed by atoms with E-state index in [1.807, 2.05) is 39.1 Å². The number of rotatable bonds is 3. The number of methoxy groups -OCH3 is 1. The zero-order valence-corrected chi connectivity index (χ0v) is 13.0. The SMILES string of the molecule is COC(=O)c1ccccc1CN1CCN(C)C(=O)C1(C)C. The lowest BCUT2D eigenvalue weighted by atomic mass is 9.96. The molecule has 1 aliphatic heterocycles. The fourth-order valence-electron chi connectivity index (χ4n) is 2.70. The number of carbonyl (C=O) groups excluding carboxylic acids is 2.